The van der Waals surface area contributed by atoms with Crippen LogP contribution in [-0.2, 0) is 0 Å². The Morgan fingerprint density at radius 2 is 2.10 bits per heavy atom. The highest BCUT2D eigenvalue weighted by molar-refractivity contribution is 5.65. The van der Waals surface area contributed by atoms with Crippen molar-refractivity contribution in [1.29, 1.82) is 0 Å². The normalized spacial score (nSPS) is 14.1. The Labute approximate surface area is 124 Å². The highest BCUT2D eigenvalue weighted by Crippen LogP contribution is 2.43. The second kappa shape index (κ2) is 6.10. The van der Waals surface area contributed by atoms with Gasteiger partial charge in [0.25, 0.3) is 0 Å². The molecule has 0 unspecified atom stereocenters. The number of phenolic OH excluding ortho intramolecular Hbond substituents is 1. The van der Waals surface area contributed by atoms with Crippen LogP contribution in [0.15, 0.2) is 30.5 Å². The van der Waals surface area contributed by atoms with Crippen LogP contribution in [0.25, 0.3) is 11.4 Å². The monoisotopic (exact) mass is 284 g/mol. The molecule has 0 bridgehead atoms. The summed E-state index contributed by atoms with van der Waals surface area (Å²) in [7, 11) is 0. The van der Waals surface area contributed by atoms with Crippen LogP contribution >= 0.6 is 0 Å². The average molecular weight is 284 g/mol. The first-order valence-corrected chi connectivity index (χ1v) is 7.39. The van der Waals surface area contributed by atoms with Gasteiger partial charge in [-0.1, -0.05) is 12.1 Å². The van der Waals surface area contributed by atoms with Crippen molar-refractivity contribution in [3.8, 4) is 17.1 Å². The van der Waals surface area contributed by atoms with Crippen LogP contribution in [0.3, 0.4) is 0 Å². The van der Waals surface area contributed by atoms with Crippen LogP contribution in [-0.4, -0.2) is 28.2 Å². The third-order valence-electron chi connectivity index (χ3n) is 3.62. The zero-order chi connectivity index (χ0) is 14.7. The largest absolute Gasteiger partial charge is 0.507 e. The predicted octanol–water partition coefficient (Wildman–Crippen LogP) is 2.49. The van der Waals surface area contributed by atoms with Crippen molar-refractivity contribution in [1.82, 2.24) is 9.97 Å². The van der Waals surface area contributed by atoms with Crippen molar-refractivity contribution in [2.75, 3.05) is 18.4 Å². The Hall–Kier alpha value is -2.14. The number of aromatic nitrogens is 2. The molecule has 0 aliphatic heterocycles. The Morgan fingerprint density at radius 1 is 1.29 bits per heavy atom. The van der Waals surface area contributed by atoms with Gasteiger partial charge in [0, 0.05) is 12.5 Å². The first kappa shape index (κ1) is 13.8. The van der Waals surface area contributed by atoms with E-state index in [2.05, 4.69) is 15.3 Å². The molecule has 0 saturated heterocycles. The van der Waals surface area contributed by atoms with E-state index in [-0.39, 0.29) is 5.75 Å². The zero-order valence-electron chi connectivity index (χ0n) is 11.9. The molecular weight excluding hydrogens is 264 g/mol. The molecular formula is C16H20N4O. The van der Waals surface area contributed by atoms with Gasteiger partial charge in [-0.3, -0.25) is 0 Å². The molecule has 1 heterocycles. The van der Waals surface area contributed by atoms with E-state index in [0.717, 1.165) is 24.3 Å². The zero-order valence-corrected chi connectivity index (χ0v) is 11.9. The van der Waals surface area contributed by atoms with E-state index in [1.54, 1.807) is 12.1 Å². The lowest BCUT2D eigenvalue weighted by Gasteiger charge is -2.12. The molecule has 1 aromatic carbocycles. The van der Waals surface area contributed by atoms with Gasteiger partial charge in [0.1, 0.15) is 5.75 Å². The number of aromatic hydroxyl groups is 1. The van der Waals surface area contributed by atoms with Crippen molar-refractivity contribution in [3.05, 3.63) is 36.2 Å². The summed E-state index contributed by atoms with van der Waals surface area (Å²) in [6.45, 7) is 1.50. The number of nitrogens with zero attached hydrogens (tertiary/aromatic N) is 2. The van der Waals surface area contributed by atoms with Crippen LogP contribution in [0.5, 0.6) is 5.75 Å². The van der Waals surface area contributed by atoms with Crippen molar-refractivity contribution in [2.24, 2.45) is 5.73 Å². The second-order valence-electron chi connectivity index (χ2n) is 5.35. The van der Waals surface area contributed by atoms with Crippen LogP contribution in [0.1, 0.15) is 30.9 Å². The van der Waals surface area contributed by atoms with Crippen molar-refractivity contribution in [3.63, 3.8) is 0 Å². The Bertz CT molecular complexity index is 625. The fourth-order valence-corrected chi connectivity index (χ4v) is 2.32. The molecule has 0 spiro atoms. The van der Waals surface area contributed by atoms with E-state index in [1.165, 1.54) is 12.8 Å². The van der Waals surface area contributed by atoms with Crippen molar-refractivity contribution in [2.45, 2.75) is 25.2 Å². The van der Waals surface area contributed by atoms with Crippen LogP contribution in [0.2, 0.25) is 0 Å². The molecule has 21 heavy (non-hydrogen) atoms. The minimum absolute atomic E-state index is 0.211. The number of benzene rings is 1. The average Bonchev–Trinajstić information content (AvgIpc) is 3.33. The van der Waals surface area contributed by atoms with Crippen molar-refractivity contribution >= 4 is 5.69 Å². The van der Waals surface area contributed by atoms with Gasteiger partial charge in [-0.2, -0.15) is 0 Å². The quantitative estimate of drug-likeness (QED) is 0.710. The maximum Gasteiger partial charge on any atom is 0.163 e. The van der Waals surface area contributed by atoms with E-state index < -0.39 is 0 Å². The lowest BCUT2D eigenvalue weighted by molar-refractivity contribution is 0.477. The summed E-state index contributed by atoms with van der Waals surface area (Å²) in [6.07, 6.45) is 5.08. The van der Waals surface area contributed by atoms with E-state index >= 15 is 0 Å². The van der Waals surface area contributed by atoms with Gasteiger partial charge in [0.15, 0.2) is 5.82 Å². The molecule has 1 aliphatic rings. The molecule has 110 valence electrons. The molecule has 1 saturated carbocycles. The first-order valence-electron chi connectivity index (χ1n) is 7.39. The summed E-state index contributed by atoms with van der Waals surface area (Å²) in [6, 6.07) is 7.16. The van der Waals surface area contributed by atoms with Crippen LogP contribution in [0.4, 0.5) is 5.69 Å². The smallest absolute Gasteiger partial charge is 0.163 e. The molecule has 0 amide bonds. The Morgan fingerprint density at radius 3 is 2.81 bits per heavy atom. The van der Waals surface area contributed by atoms with Gasteiger partial charge in [-0.05, 0) is 37.9 Å². The molecule has 1 aromatic heterocycles. The molecule has 2 aromatic rings. The number of anilines is 1. The summed E-state index contributed by atoms with van der Waals surface area (Å²) in [5, 5.41) is 13.3. The molecule has 3 rings (SSSR count). The number of phenols is 1. The van der Waals surface area contributed by atoms with Crippen molar-refractivity contribution < 1.29 is 5.11 Å². The Balaban J connectivity index is 1.90. The summed E-state index contributed by atoms with van der Waals surface area (Å²) in [4.78, 5) is 9.07. The number of hydrogen-bond acceptors (Lipinski definition) is 5. The Kier molecular flexibility index (Phi) is 4.01. The number of hydrogen-bond donors (Lipinski definition) is 3. The summed E-state index contributed by atoms with van der Waals surface area (Å²) < 4.78 is 0. The number of nitrogens with two attached hydrogens (primary N) is 1. The highest BCUT2D eigenvalue weighted by Gasteiger charge is 2.28. The standard InChI is InChI=1S/C16H20N4O/c17-8-3-9-18-13-10-19-16(20-15(13)11-6-7-11)12-4-1-2-5-14(12)21/h1-2,4-5,10-11,18,21H,3,6-9,17H2. The van der Waals surface area contributed by atoms with E-state index in [1.807, 2.05) is 18.3 Å². The van der Waals surface area contributed by atoms with Gasteiger partial charge in [-0.15, -0.1) is 0 Å². The molecule has 5 heteroatoms. The maximum absolute atomic E-state index is 9.94. The van der Waals surface area contributed by atoms with E-state index in [9.17, 15) is 5.11 Å². The van der Waals surface area contributed by atoms with Gasteiger partial charge < -0.3 is 16.2 Å². The number of nitrogens with one attached hydrogen (secondary N) is 1. The van der Waals surface area contributed by atoms with E-state index in [0.29, 0.717) is 23.9 Å². The topological polar surface area (TPSA) is 84.1 Å². The fourth-order valence-electron chi connectivity index (χ4n) is 2.32. The summed E-state index contributed by atoms with van der Waals surface area (Å²) in [5.74, 6) is 1.31. The molecule has 0 radical (unpaired) electrons. The van der Waals surface area contributed by atoms with Gasteiger partial charge in [0.2, 0.25) is 0 Å². The van der Waals surface area contributed by atoms with E-state index in [4.69, 9.17) is 5.73 Å². The lowest BCUT2D eigenvalue weighted by Crippen LogP contribution is -2.11. The molecule has 4 N–H and O–H groups in total. The molecule has 1 fully saturated rings. The summed E-state index contributed by atoms with van der Waals surface area (Å²) >= 11 is 0. The first-order chi connectivity index (χ1) is 10.3. The predicted molar refractivity (Wildman–Crippen MR) is 83.3 cm³/mol. The van der Waals surface area contributed by atoms with Gasteiger partial charge >= 0.3 is 0 Å². The summed E-state index contributed by atoms with van der Waals surface area (Å²) in [5.41, 5.74) is 8.24. The van der Waals surface area contributed by atoms with Gasteiger partial charge in [-0.25, -0.2) is 9.97 Å². The molecule has 5 nitrogen and oxygen atoms in total. The highest BCUT2D eigenvalue weighted by atomic mass is 16.3. The van der Waals surface area contributed by atoms with Crippen LogP contribution < -0.4 is 11.1 Å². The number of rotatable bonds is 6. The maximum atomic E-state index is 9.94. The number of para-hydroxylation sites is 1. The third kappa shape index (κ3) is 3.13. The fraction of sp³-hybridized carbons (Fsp3) is 0.375. The van der Waals surface area contributed by atoms with Gasteiger partial charge in [0.05, 0.1) is 23.1 Å². The van der Waals surface area contributed by atoms with Crippen LogP contribution in [0, 0.1) is 0 Å². The molecule has 1 aliphatic carbocycles. The lowest BCUT2D eigenvalue weighted by atomic mass is 10.1. The SMILES string of the molecule is NCCCNc1cnc(-c2ccccc2O)nc1C1CC1. The minimum atomic E-state index is 0.211. The third-order valence-corrected chi connectivity index (χ3v) is 3.62. The second-order valence-corrected chi connectivity index (χ2v) is 5.35. The molecule has 0 atom stereocenters. The minimum Gasteiger partial charge on any atom is -0.507 e.